The van der Waals surface area contributed by atoms with Crippen LogP contribution in [0.1, 0.15) is 39.5 Å². The summed E-state index contributed by atoms with van der Waals surface area (Å²) in [4.78, 5) is 0. The van der Waals surface area contributed by atoms with E-state index >= 15 is 0 Å². The molecule has 3 nitrogen and oxygen atoms in total. The maximum Gasteiger partial charge on any atom is 0.151 e. The summed E-state index contributed by atoms with van der Waals surface area (Å²) in [5.74, 6) is 1.89. The summed E-state index contributed by atoms with van der Waals surface area (Å²) in [5, 5.41) is 3.26. The number of hydrogen-bond donors (Lipinski definition) is 1. The molecule has 0 bridgehead atoms. The van der Waals surface area contributed by atoms with Crippen molar-refractivity contribution in [2.45, 2.75) is 39.5 Å². The smallest absolute Gasteiger partial charge is 0.151 e. The Balaban J connectivity index is 2.09. The Morgan fingerprint density at radius 3 is 2.38 bits per heavy atom. The Labute approximate surface area is 99.9 Å². The molecule has 0 radical (unpaired) electrons. The summed E-state index contributed by atoms with van der Waals surface area (Å²) in [7, 11) is -2.79. The molecule has 0 atom stereocenters. The van der Waals surface area contributed by atoms with Crippen LogP contribution in [0.25, 0.3) is 0 Å². The van der Waals surface area contributed by atoms with Crippen molar-refractivity contribution in [3.63, 3.8) is 0 Å². The van der Waals surface area contributed by atoms with E-state index in [1.807, 2.05) is 0 Å². The lowest BCUT2D eigenvalue weighted by Crippen LogP contribution is -2.28. The first-order valence-electron chi connectivity index (χ1n) is 6.48. The Kier molecular flexibility index (Phi) is 5.76. The third-order valence-electron chi connectivity index (χ3n) is 3.36. The van der Waals surface area contributed by atoms with E-state index in [1.54, 1.807) is 0 Å². The Bertz CT molecular complexity index is 279. The molecule has 0 heterocycles. The highest BCUT2D eigenvalue weighted by Gasteiger charge is 2.27. The summed E-state index contributed by atoms with van der Waals surface area (Å²) in [6.07, 6.45) is 4.55. The molecule has 1 aliphatic rings. The molecule has 0 amide bonds. The van der Waals surface area contributed by atoms with Crippen LogP contribution >= 0.6 is 0 Å². The minimum atomic E-state index is -2.79. The average molecular weight is 247 g/mol. The zero-order valence-corrected chi connectivity index (χ0v) is 11.4. The minimum Gasteiger partial charge on any atom is -0.315 e. The van der Waals surface area contributed by atoms with Gasteiger partial charge in [-0.2, -0.15) is 0 Å². The fourth-order valence-electron chi connectivity index (χ4n) is 1.84. The molecule has 4 heteroatoms. The van der Waals surface area contributed by atoms with E-state index in [9.17, 15) is 8.42 Å². The molecular weight excluding hydrogens is 222 g/mol. The summed E-state index contributed by atoms with van der Waals surface area (Å²) >= 11 is 0. The van der Waals surface area contributed by atoms with Gasteiger partial charge in [0.2, 0.25) is 0 Å². The number of nitrogens with one attached hydrogen (secondary N) is 1. The molecule has 0 saturated heterocycles. The average Bonchev–Trinajstić information content (AvgIpc) is 3.01. The van der Waals surface area contributed by atoms with Crippen LogP contribution in [0.15, 0.2) is 0 Å². The van der Waals surface area contributed by atoms with Gasteiger partial charge in [0.1, 0.15) is 0 Å². The van der Waals surface area contributed by atoms with Crippen molar-refractivity contribution in [2.24, 2.45) is 11.8 Å². The van der Waals surface area contributed by atoms with Gasteiger partial charge in [0, 0.05) is 6.54 Å². The molecule has 0 aromatic carbocycles. The van der Waals surface area contributed by atoms with Crippen molar-refractivity contribution in [3.8, 4) is 0 Å². The molecule has 1 saturated carbocycles. The molecule has 0 aromatic heterocycles. The lowest BCUT2D eigenvalue weighted by atomic mass is 10.0. The summed E-state index contributed by atoms with van der Waals surface area (Å²) in [5.41, 5.74) is 0. The van der Waals surface area contributed by atoms with E-state index in [-0.39, 0.29) is 0 Å². The topological polar surface area (TPSA) is 46.2 Å². The van der Waals surface area contributed by atoms with Crippen molar-refractivity contribution in [3.05, 3.63) is 0 Å². The van der Waals surface area contributed by atoms with Crippen LogP contribution in [-0.4, -0.2) is 33.0 Å². The van der Waals surface area contributed by atoms with Crippen LogP contribution < -0.4 is 5.32 Å². The first kappa shape index (κ1) is 14.0. The minimum absolute atomic E-state index is 0.309. The van der Waals surface area contributed by atoms with Crippen LogP contribution in [-0.2, 0) is 9.84 Å². The lowest BCUT2D eigenvalue weighted by molar-refractivity contribution is 0.456. The lowest BCUT2D eigenvalue weighted by Gasteiger charge is -2.13. The van der Waals surface area contributed by atoms with E-state index in [4.69, 9.17) is 0 Å². The van der Waals surface area contributed by atoms with E-state index < -0.39 is 9.84 Å². The highest BCUT2D eigenvalue weighted by Crippen LogP contribution is 2.30. The van der Waals surface area contributed by atoms with Crippen LogP contribution in [0.5, 0.6) is 0 Å². The van der Waals surface area contributed by atoms with Gasteiger partial charge in [-0.05, 0) is 31.2 Å². The van der Waals surface area contributed by atoms with Gasteiger partial charge in [-0.25, -0.2) is 8.42 Å². The molecule has 0 spiro atoms. The van der Waals surface area contributed by atoms with E-state index in [0.29, 0.717) is 29.9 Å². The Morgan fingerprint density at radius 2 is 1.88 bits per heavy atom. The fraction of sp³-hybridized carbons (Fsp3) is 1.00. The van der Waals surface area contributed by atoms with E-state index in [2.05, 4.69) is 19.2 Å². The van der Waals surface area contributed by atoms with Crippen molar-refractivity contribution >= 4 is 9.84 Å². The van der Waals surface area contributed by atoms with Crippen LogP contribution in [0, 0.1) is 11.8 Å². The molecule has 1 fully saturated rings. The molecule has 16 heavy (non-hydrogen) atoms. The molecule has 1 N–H and O–H groups in total. The van der Waals surface area contributed by atoms with Crippen molar-refractivity contribution < 1.29 is 8.42 Å². The maximum atomic E-state index is 11.6. The predicted molar refractivity (Wildman–Crippen MR) is 68.3 cm³/mol. The zero-order chi connectivity index (χ0) is 12.0. The van der Waals surface area contributed by atoms with Gasteiger partial charge in [-0.15, -0.1) is 0 Å². The van der Waals surface area contributed by atoms with Gasteiger partial charge >= 0.3 is 0 Å². The molecule has 1 aliphatic carbocycles. The van der Waals surface area contributed by atoms with Gasteiger partial charge in [-0.1, -0.05) is 26.7 Å². The predicted octanol–water partition coefficient (Wildman–Crippen LogP) is 1.84. The van der Waals surface area contributed by atoms with Gasteiger partial charge in [0.25, 0.3) is 0 Å². The third-order valence-corrected chi connectivity index (χ3v) is 5.17. The highest BCUT2D eigenvalue weighted by molar-refractivity contribution is 7.91. The van der Waals surface area contributed by atoms with Gasteiger partial charge in [0.05, 0.1) is 11.5 Å². The van der Waals surface area contributed by atoms with Crippen LogP contribution in [0.2, 0.25) is 0 Å². The first-order valence-corrected chi connectivity index (χ1v) is 8.30. The van der Waals surface area contributed by atoms with Crippen LogP contribution in [0.4, 0.5) is 0 Å². The maximum absolute atomic E-state index is 11.6. The fourth-order valence-corrected chi connectivity index (χ4v) is 3.51. The van der Waals surface area contributed by atoms with Crippen LogP contribution in [0.3, 0.4) is 0 Å². The molecule has 0 unspecified atom stereocenters. The summed E-state index contributed by atoms with van der Waals surface area (Å²) in [6, 6.07) is 0. The van der Waals surface area contributed by atoms with Crippen molar-refractivity contribution in [1.82, 2.24) is 5.32 Å². The Hall–Kier alpha value is -0.0900. The monoisotopic (exact) mass is 247 g/mol. The zero-order valence-electron chi connectivity index (χ0n) is 10.5. The number of hydrogen-bond acceptors (Lipinski definition) is 3. The van der Waals surface area contributed by atoms with Gasteiger partial charge in [0.15, 0.2) is 9.84 Å². The number of rotatable bonds is 9. The van der Waals surface area contributed by atoms with E-state index in [1.165, 1.54) is 12.8 Å². The third kappa shape index (κ3) is 5.85. The molecule has 96 valence electrons. The van der Waals surface area contributed by atoms with E-state index in [0.717, 1.165) is 19.4 Å². The second-order valence-corrected chi connectivity index (χ2v) is 7.17. The standard InChI is InChI=1S/C12H25NO2S/c1-3-11(4-2)9-13-7-8-16(14,15)10-12-5-6-12/h11-13H,3-10H2,1-2H3. The summed E-state index contributed by atoms with van der Waals surface area (Å²) < 4.78 is 23.2. The van der Waals surface area contributed by atoms with Crippen molar-refractivity contribution in [1.29, 1.82) is 0 Å². The molecular formula is C12H25NO2S. The van der Waals surface area contributed by atoms with Crippen molar-refractivity contribution in [2.75, 3.05) is 24.6 Å². The quantitative estimate of drug-likeness (QED) is 0.632. The second kappa shape index (κ2) is 6.60. The largest absolute Gasteiger partial charge is 0.315 e. The van der Waals surface area contributed by atoms with Gasteiger partial charge < -0.3 is 5.32 Å². The second-order valence-electron chi connectivity index (χ2n) is 4.94. The van der Waals surface area contributed by atoms with Gasteiger partial charge in [-0.3, -0.25) is 0 Å². The number of sulfone groups is 1. The summed E-state index contributed by atoms with van der Waals surface area (Å²) in [6.45, 7) is 5.93. The molecule has 0 aliphatic heterocycles. The normalized spacial score (nSPS) is 16.9. The molecule has 0 aromatic rings. The first-order chi connectivity index (χ1) is 7.57. The Morgan fingerprint density at radius 1 is 1.25 bits per heavy atom. The SMILES string of the molecule is CCC(CC)CNCCS(=O)(=O)CC1CC1. The molecule has 1 rings (SSSR count). The highest BCUT2D eigenvalue weighted by atomic mass is 32.2.